The Morgan fingerprint density at radius 3 is 2.33 bits per heavy atom. The zero-order chi connectivity index (χ0) is 15.7. The fraction of sp³-hybridized carbons (Fsp3) is 0.250. The predicted octanol–water partition coefficient (Wildman–Crippen LogP) is -1.30. The highest BCUT2D eigenvalue weighted by Gasteiger charge is 2.07. The largest absolute Gasteiger partial charge is 0.539 e. The Bertz CT molecular complexity index is 569. The van der Waals surface area contributed by atoms with Crippen molar-refractivity contribution in [3.05, 3.63) is 47.5 Å². The Balaban J connectivity index is 0.000000315. The number of likely N-dealkylation sites (N-methyl/N-ethyl adjacent to an activating group) is 1. The summed E-state index contributed by atoms with van der Waals surface area (Å²) in [5.74, 6) is 2.45. The topological polar surface area (TPSA) is 81.9 Å². The fourth-order valence-corrected chi connectivity index (χ4v) is 1.64. The van der Waals surface area contributed by atoms with E-state index in [9.17, 15) is 0 Å². The predicted molar refractivity (Wildman–Crippen MR) is 75.3 cm³/mol. The molecule has 21 heavy (non-hydrogen) atoms. The summed E-state index contributed by atoms with van der Waals surface area (Å²) < 4.78 is 0. The van der Waals surface area contributed by atoms with Gasteiger partial charge in [-0.25, -0.2) is 4.79 Å². The maximum absolute atomic E-state index is 9.04. The van der Waals surface area contributed by atoms with Crippen LogP contribution < -0.4 is 10.0 Å². The summed E-state index contributed by atoms with van der Waals surface area (Å²) in [5.41, 5.74) is 2.40. The first-order valence-electron chi connectivity index (χ1n) is 6.50. The van der Waals surface area contributed by atoms with E-state index in [-0.39, 0.29) is 0 Å². The van der Waals surface area contributed by atoms with Crippen molar-refractivity contribution in [1.82, 2.24) is 0 Å². The Kier molecular flexibility index (Phi) is 6.72. The van der Waals surface area contributed by atoms with E-state index >= 15 is 0 Å². The molecule has 0 amide bonds. The van der Waals surface area contributed by atoms with Gasteiger partial charge in [0.05, 0.1) is 20.1 Å². The molecule has 1 aliphatic heterocycles. The van der Waals surface area contributed by atoms with Gasteiger partial charge in [0.2, 0.25) is 0 Å². The molecule has 0 aliphatic carbocycles. The Morgan fingerprint density at radius 2 is 1.86 bits per heavy atom. The van der Waals surface area contributed by atoms with Crippen LogP contribution in [0.25, 0.3) is 0 Å². The number of hydrogen-bond acceptors (Lipinski definition) is 3. The summed E-state index contributed by atoms with van der Waals surface area (Å²) in [6.07, 6.45) is 3.38. The number of benzene rings is 1. The summed E-state index contributed by atoms with van der Waals surface area (Å²) in [6.45, 7) is 2.31. The van der Waals surface area contributed by atoms with Gasteiger partial charge in [0.1, 0.15) is 0 Å². The second-order valence-electron chi connectivity index (χ2n) is 4.60. The third-order valence-electron chi connectivity index (χ3n) is 2.83. The summed E-state index contributed by atoms with van der Waals surface area (Å²) in [4.78, 5) is 19.6. The van der Waals surface area contributed by atoms with Gasteiger partial charge in [-0.05, 0) is 18.2 Å². The highest BCUT2D eigenvalue weighted by molar-refractivity contribution is 6.26. The third kappa shape index (κ3) is 6.95. The number of quaternary nitrogens is 1. The molecule has 1 aromatic rings. The zero-order valence-electron chi connectivity index (χ0n) is 11.8. The minimum Gasteiger partial charge on any atom is -0.539 e. The van der Waals surface area contributed by atoms with Gasteiger partial charge >= 0.3 is 5.97 Å². The minimum absolute atomic E-state index is 1.10. The van der Waals surface area contributed by atoms with Gasteiger partial charge in [-0.3, -0.25) is 0 Å². The van der Waals surface area contributed by atoms with E-state index in [1.165, 1.54) is 12.1 Å². The molecule has 0 bridgehead atoms. The van der Waals surface area contributed by atoms with E-state index in [0.717, 1.165) is 18.5 Å². The lowest BCUT2D eigenvalue weighted by molar-refractivity contribution is -0.874. The third-order valence-corrected chi connectivity index (χ3v) is 2.83. The maximum Gasteiger partial charge on any atom is 0.351 e. The zero-order valence-corrected chi connectivity index (χ0v) is 11.8. The number of carbonyl (C=O) groups excluding carboxylic acids is 1. The number of carboxylic acid groups (broad SMARTS) is 2. The first-order chi connectivity index (χ1) is 9.99. The average Bonchev–Trinajstić information content (AvgIpc) is 2.48. The Hall–Kier alpha value is -2.58. The minimum atomic E-state index is -2.07. The van der Waals surface area contributed by atoms with Gasteiger partial charge in [-0.1, -0.05) is 30.0 Å². The number of carboxylic acids is 2. The van der Waals surface area contributed by atoms with Gasteiger partial charge in [0.25, 0.3) is 0 Å². The van der Waals surface area contributed by atoms with Crippen molar-refractivity contribution in [2.75, 3.05) is 20.1 Å². The highest BCUT2D eigenvalue weighted by atomic mass is 16.4. The lowest BCUT2D eigenvalue weighted by Gasteiger charge is -2.16. The summed E-state index contributed by atoms with van der Waals surface area (Å²) in [6, 6.07) is 10.2. The van der Waals surface area contributed by atoms with E-state index in [1.54, 1.807) is 4.90 Å². The monoisotopic (exact) mass is 287 g/mol. The number of aliphatic carboxylic acids is 2. The van der Waals surface area contributed by atoms with E-state index in [4.69, 9.17) is 19.8 Å². The van der Waals surface area contributed by atoms with Crippen LogP contribution >= 0.6 is 0 Å². The molecule has 0 fully saturated rings. The van der Waals surface area contributed by atoms with Crippen LogP contribution in [0, 0.1) is 11.8 Å². The molecule has 0 spiro atoms. The van der Waals surface area contributed by atoms with E-state index in [1.807, 2.05) is 30.3 Å². The number of nitrogens with one attached hydrogen (secondary N) is 1. The van der Waals surface area contributed by atoms with Gasteiger partial charge in [-0.15, -0.1) is 0 Å². The molecule has 1 heterocycles. The molecular formula is C16H17NO4. The van der Waals surface area contributed by atoms with Crippen molar-refractivity contribution in [3.63, 3.8) is 0 Å². The van der Waals surface area contributed by atoms with Crippen LogP contribution in [0.15, 0.2) is 42.0 Å². The molecule has 2 N–H and O–H groups in total. The van der Waals surface area contributed by atoms with Crippen LogP contribution in [0.3, 0.4) is 0 Å². The van der Waals surface area contributed by atoms with E-state index in [2.05, 4.69) is 25.0 Å². The highest BCUT2D eigenvalue weighted by Crippen LogP contribution is 2.01. The van der Waals surface area contributed by atoms with Crippen LogP contribution in [0.5, 0.6) is 0 Å². The summed E-state index contributed by atoms with van der Waals surface area (Å²) in [7, 11) is 2.22. The van der Waals surface area contributed by atoms with Gasteiger partial charge in [-0.2, -0.15) is 0 Å². The first-order valence-corrected chi connectivity index (χ1v) is 6.50. The van der Waals surface area contributed by atoms with Gasteiger partial charge in [0.15, 0.2) is 5.97 Å². The van der Waals surface area contributed by atoms with Crippen LogP contribution in [-0.2, 0) is 9.59 Å². The van der Waals surface area contributed by atoms with Crippen LogP contribution in [-0.4, -0.2) is 37.2 Å². The number of hydrogen-bond donors (Lipinski definition) is 2. The van der Waals surface area contributed by atoms with Crippen LogP contribution in [0.2, 0.25) is 0 Å². The Morgan fingerprint density at radius 1 is 1.24 bits per heavy atom. The van der Waals surface area contributed by atoms with Gasteiger partial charge in [0, 0.05) is 17.6 Å². The van der Waals surface area contributed by atoms with E-state index < -0.39 is 11.9 Å². The summed E-state index contributed by atoms with van der Waals surface area (Å²) in [5, 5.41) is 16.3. The lowest BCUT2D eigenvalue weighted by atomic mass is 10.1. The average molecular weight is 287 g/mol. The molecule has 0 radical (unpaired) electrons. The molecule has 1 unspecified atom stereocenters. The van der Waals surface area contributed by atoms with Crippen LogP contribution in [0.4, 0.5) is 0 Å². The molecule has 0 saturated heterocycles. The number of carbonyl (C=O) groups is 2. The van der Waals surface area contributed by atoms with Gasteiger partial charge < -0.3 is 19.9 Å². The van der Waals surface area contributed by atoms with Crippen molar-refractivity contribution in [2.45, 2.75) is 6.42 Å². The molecule has 0 aromatic heterocycles. The second kappa shape index (κ2) is 8.56. The second-order valence-corrected chi connectivity index (χ2v) is 4.60. The molecular weight excluding hydrogens is 270 g/mol. The molecule has 2 rings (SSSR count). The summed E-state index contributed by atoms with van der Waals surface area (Å²) >= 11 is 0. The molecule has 1 aliphatic rings. The van der Waals surface area contributed by atoms with Crippen molar-refractivity contribution in [2.24, 2.45) is 0 Å². The van der Waals surface area contributed by atoms with E-state index in [0.29, 0.717) is 0 Å². The number of rotatable bonds is 0. The first kappa shape index (κ1) is 16.5. The SMILES string of the molecule is C[NH+]1CC=C(C#Cc2ccccc2)CC1.O=C([O-])C(=O)O. The normalized spacial score (nSPS) is 16.4. The quantitative estimate of drug-likeness (QED) is 0.459. The van der Waals surface area contributed by atoms with Crippen molar-refractivity contribution in [1.29, 1.82) is 0 Å². The molecule has 5 nitrogen and oxygen atoms in total. The van der Waals surface area contributed by atoms with Crippen molar-refractivity contribution >= 4 is 11.9 Å². The van der Waals surface area contributed by atoms with Crippen LogP contribution in [0.1, 0.15) is 12.0 Å². The molecule has 0 saturated carbocycles. The Labute approximate surface area is 123 Å². The molecule has 110 valence electrons. The van der Waals surface area contributed by atoms with Crippen molar-refractivity contribution in [3.8, 4) is 11.8 Å². The maximum atomic E-state index is 9.04. The molecule has 1 atom stereocenters. The molecule has 5 heteroatoms. The molecule has 1 aromatic carbocycles. The smallest absolute Gasteiger partial charge is 0.351 e. The standard InChI is InChI=1S/C14H15N.C2H2O4/c1-15-11-9-14(10-12-15)8-7-13-5-3-2-4-6-13;3-1(4)2(5)6/h2-6,9H,10-12H2,1H3;(H,3,4)(H,5,6). The fourth-order valence-electron chi connectivity index (χ4n) is 1.64. The van der Waals surface area contributed by atoms with Crippen molar-refractivity contribution < 1.29 is 24.7 Å². The lowest BCUT2D eigenvalue weighted by Crippen LogP contribution is -3.09.